The van der Waals surface area contributed by atoms with Gasteiger partial charge in [0.25, 0.3) is 5.91 Å². The SMILES string of the molecule is C[C@@H]1CC(Cc2nc(Br)ccc2F)CCN1C(=O)c1ccccc1C(F)(F)F. The Kier molecular flexibility index (Phi) is 6.07. The molecule has 3 nitrogen and oxygen atoms in total. The lowest BCUT2D eigenvalue weighted by Gasteiger charge is -2.38. The highest BCUT2D eigenvalue weighted by atomic mass is 79.9. The van der Waals surface area contributed by atoms with Gasteiger partial charge in [0.1, 0.15) is 10.4 Å². The van der Waals surface area contributed by atoms with Crippen LogP contribution in [-0.4, -0.2) is 28.4 Å². The number of halogens is 5. The van der Waals surface area contributed by atoms with E-state index < -0.39 is 17.6 Å². The van der Waals surface area contributed by atoms with Crippen LogP contribution in [0.15, 0.2) is 41.0 Å². The minimum Gasteiger partial charge on any atom is -0.336 e. The van der Waals surface area contributed by atoms with Gasteiger partial charge in [-0.3, -0.25) is 4.79 Å². The van der Waals surface area contributed by atoms with Crippen LogP contribution in [0.5, 0.6) is 0 Å². The Hall–Kier alpha value is -1.96. The number of alkyl halides is 3. The Morgan fingerprint density at radius 2 is 1.96 bits per heavy atom. The second kappa shape index (κ2) is 8.19. The summed E-state index contributed by atoms with van der Waals surface area (Å²) in [6, 6.07) is 7.47. The van der Waals surface area contributed by atoms with Crippen molar-refractivity contribution in [3.63, 3.8) is 0 Å². The van der Waals surface area contributed by atoms with Crippen molar-refractivity contribution in [3.8, 4) is 0 Å². The zero-order valence-corrected chi connectivity index (χ0v) is 16.7. The van der Waals surface area contributed by atoms with Gasteiger partial charge in [-0.1, -0.05) is 12.1 Å². The summed E-state index contributed by atoms with van der Waals surface area (Å²) in [5.74, 6) is -0.896. The highest BCUT2D eigenvalue weighted by Crippen LogP contribution is 2.34. The Bertz CT molecular complexity index is 872. The normalized spacial score (nSPS) is 20.3. The monoisotopic (exact) mass is 458 g/mol. The minimum atomic E-state index is -4.59. The van der Waals surface area contributed by atoms with Crippen LogP contribution >= 0.6 is 15.9 Å². The molecule has 0 saturated carbocycles. The molecule has 28 heavy (non-hydrogen) atoms. The Morgan fingerprint density at radius 1 is 1.25 bits per heavy atom. The standard InChI is InChI=1S/C20H19BrF4N2O/c1-12-10-13(11-17-16(22)6-7-18(21)26-17)8-9-27(12)19(28)14-4-2-3-5-15(14)20(23,24)25/h2-7,12-13H,8-11H2,1H3/t12-,13?/m1/s1. The van der Waals surface area contributed by atoms with Crippen molar-refractivity contribution in [2.24, 2.45) is 5.92 Å². The van der Waals surface area contributed by atoms with Gasteiger partial charge in [-0.05, 0) is 72.3 Å². The molecule has 0 N–H and O–H groups in total. The Morgan fingerprint density at radius 3 is 2.64 bits per heavy atom. The summed E-state index contributed by atoms with van der Waals surface area (Å²) < 4.78 is 54.2. The molecule has 0 spiro atoms. The molecule has 0 aliphatic carbocycles. The van der Waals surface area contributed by atoms with Crippen molar-refractivity contribution in [1.82, 2.24) is 9.88 Å². The van der Waals surface area contributed by atoms with Crippen LogP contribution < -0.4 is 0 Å². The second-order valence-corrected chi connectivity index (χ2v) is 7.86. The van der Waals surface area contributed by atoms with Crippen LogP contribution in [0.4, 0.5) is 17.6 Å². The number of piperidine rings is 1. The molecule has 1 amide bonds. The fourth-order valence-corrected chi connectivity index (χ4v) is 4.05. The molecule has 1 unspecified atom stereocenters. The van der Waals surface area contributed by atoms with E-state index in [4.69, 9.17) is 0 Å². The molecule has 1 fully saturated rings. The predicted octanol–water partition coefficient (Wildman–Crippen LogP) is 5.49. The molecule has 1 aromatic heterocycles. The molecule has 2 aromatic rings. The number of benzene rings is 1. The summed E-state index contributed by atoms with van der Waals surface area (Å²) in [6.07, 6.45) is -3.00. The molecule has 8 heteroatoms. The van der Waals surface area contributed by atoms with E-state index in [1.807, 2.05) is 6.92 Å². The molecular formula is C20H19BrF4N2O. The van der Waals surface area contributed by atoms with Crippen LogP contribution in [0, 0.1) is 11.7 Å². The van der Waals surface area contributed by atoms with E-state index >= 15 is 0 Å². The van der Waals surface area contributed by atoms with Gasteiger partial charge >= 0.3 is 6.18 Å². The maximum Gasteiger partial charge on any atom is 0.417 e. The third kappa shape index (κ3) is 4.54. The van der Waals surface area contributed by atoms with Gasteiger partial charge in [-0.2, -0.15) is 13.2 Å². The lowest BCUT2D eigenvalue weighted by atomic mass is 9.87. The minimum absolute atomic E-state index is 0.105. The summed E-state index contributed by atoms with van der Waals surface area (Å²) in [7, 11) is 0. The number of amides is 1. The van der Waals surface area contributed by atoms with Gasteiger partial charge in [-0.25, -0.2) is 9.37 Å². The highest BCUT2D eigenvalue weighted by molar-refractivity contribution is 9.10. The number of likely N-dealkylation sites (tertiary alicyclic amines) is 1. The van der Waals surface area contributed by atoms with Crippen molar-refractivity contribution < 1.29 is 22.4 Å². The molecule has 150 valence electrons. The first kappa shape index (κ1) is 20.8. The molecule has 1 aliphatic rings. The quantitative estimate of drug-likeness (QED) is 0.450. The number of rotatable bonds is 3. The summed E-state index contributed by atoms with van der Waals surface area (Å²) in [5.41, 5.74) is -0.900. The van der Waals surface area contributed by atoms with Gasteiger partial charge in [0.05, 0.1) is 16.8 Å². The summed E-state index contributed by atoms with van der Waals surface area (Å²) in [5, 5.41) is 0. The van der Waals surface area contributed by atoms with Gasteiger partial charge in [0, 0.05) is 12.6 Å². The van der Waals surface area contributed by atoms with Crippen molar-refractivity contribution in [3.05, 3.63) is 63.6 Å². The van der Waals surface area contributed by atoms with Crippen LogP contribution in [0.25, 0.3) is 0 Å². The van der Waals surface area contributed by atoms with E-state index in [1.54, 1.807) is 0 Å². The fourth-order valence-electron chi connectivity index (χ4n) is 3.70. The van der Waals surface area contributed by atoms with Crippen molar-refractivity contribution >= 4 is 21.8 Å². The van der Waals surface area contributed by atoms with Crippen molar-refractivity contribution in [1.29, 1.82) is 0 Å². The predicted molar refractivity (Wildman–Crippen MR) is 100 cm³/mol. The number of carbonyl (C=O) groups is 1. The van der Waals surface area contributed by atoms with Crippen LogP contribution in [-0.2, 0) is 12.6 Å². The van der Waals surface area contributed by atoms with Gasteiger partial charge < -0.3 is 4.90 Å². The third-order valence-corrected chi connectivity index (χ3v) is 5.52. The number of aromatic nitrogens is 1. The van der Waals surface area contributed by atoms with Crippen LogP contribution in [0.1, 0.15) is 41.4 Å². The molecule has 2 atom stereocenters. The lowest BCUT2D eigenvalue weighted by molar-refractivity contribution is -0.138. The first-order chi connectivity index (χ1) is 13.2. The molecule has 1 aromatic carbocycles. The fraction of sp³-hybridized carbons (Fsp3) is 0.400. The number of hydrogen-bond acceptors (Lipinski definition) is 2. The largest absolute Gasteiger partial charge is 0.417 e. The van der Waals surface area contributed by atoms with Gasteiger partial charge in [0.2, 0.25) is 0 Å². The number of nitrogens with zero attached hydrogens (tertiary/aromatic N) is 2. The highest BCUT2D eigenvalue weighted by Gasteiger charge is 2.37. The molecule has 0 radical (unpaired) electrons. The van der Waals surface area contributed by atoms with Gasteiger partial charge in [0.15, 0.2) is 0 Å². The third-order valence-electron chi connectivity index (χ3n) is 5.08. The Labute approximate surface area is 168 Å². The van der Waals surface area contributed by atoms with Crippen molar-refractivity contribution in [2.75, 3.05) is 6.54 Å². The average Bonchev–Trinajstić information content (AvgIpc) is 2.64. The van der Waals surface area contributed by atoms with E-state index in [1.165, 1.54) is 35.2 Å². The van der Waals surface area contributed by atoms with Crippen LogP contribution in [0.3, 0.4) is 0 Å². The summed E-state index contributed by atoms with van der Waals surface area (Å²) in [6.45, 7) is 2.14. The van der Waals surface area contributed by atoms with Crippen molar-refractivity contribution in [2.45, 2.75) is 38.4 Å². The molecule has 1 saturated heterocycles. The zero-order chi connectivity index (χ0) is 20.5. The number of carbonyl (C=O) groups excluding carboxylic acids is 1. The molecule has 3 rings (SSSR count). The number of pyridine rings is 1. The first-order valence-corrected chi connectivity index (χ1v) is 9.74. The summed E-state index contributed by atoms with van der Waals surface area (Å²) in [4.78, 5) is 18.4. The first-order valence-electron chi connectivity index (χ1n) is 8.95. The Balaban J connectivity index is 1.72. The maximum absolute atomic E-state index is 13.9. The second-order valence-electron chi connectivity index (χ2n) is 7.05. The average molecular weight is 459 g/mol. The van der Waals surface area contributed by atoms with E-state index in [2.05, 4.69) is 20.9 Å². The molecular weight excluding hydrogens is 440 g/mol. The molecule has 1 aliphatic heterocycles. The summed E-state index contributed by atoms with van der Waals surface area (Å²) >= 11 is 3.23. The molecule has 0 bridgehead atoms. The topological polar surface area (TPSA) is 33.2 Å². The number of hydrogen-bond donors (Lipinski definition) is 0. The van der Waals surface area contributed by atoms with Gasteiger partial charge in [-0.15, -0.1) is 0 Å². The lowest BCUT2D eigenvalue weighted by Crippen LogP contribution is -2.45. The smallest absolute Gasteiger partial charge is 0.336 e. The van der Waals surface area contributed by atoms with Crippen LogP contribution in [0.2, 0.25) is 0 Å². The zero-order valence-electron chi connectivity index (χ0n) is 15.1. The van der Waals surface area contributed by atoms with E-state index in [9.17, 15) is 22.4 Å². The van der Waals surface area contributed by atoms with E-state index in [0.717, 1.165) is 6.07 Å². The van der Waals surface area contributed by atoms with E-state index in [0.29, 0.717) is 36.1 Å². The maximum atomic E-state index is 13.9. The van der Waals surface area contributed by atoms with E-state index in [-0.39, 0.29) is 23.3 Å². The molecule has 2 heterocycles.